The Labute approximate surface area is 173 Å². The summed E-state index contributed by atoms with van der Waals surface area (Å²) in [5.41, 5.74) is 3.71. The molecule has 0 saturated carbocycles. The maximum atomic E-state index is 5.16. The molecule has 6 rings (SSSR count). The number of piperidine rings is 3. The summed E-state index contributed by atoms with van der Waals surface area (Å²) in [4.78, 5) is 12.3. The van der Waals surface area contributed by atoms with Crippen molar-refractivity contribution in [2.24, 2.45) is 10.9 Å². The van der Waals surface area contributed by atoms with Crippen LogP contribution in [0, 0.1) is 5.92 Å². The molecule has 146 valence electrons. The van der Waals surface area contributed by atoms with Gasteiger partial charge in [-0.1, -0.05) is 66.7 Å². The van der Waals surface area contributed by atoms with Crippen LogP contribution in [0.3, 0.4) is 0 Å². The van der Waals surface area contributed by atoms with Gasteiger partial charge in [-0.25, -0.2) is 0 Å². The van der Waals surface area contributed by atoms with Gasteiger partial charge in [0.05, 0.1) is 11.7 Å². The molecule has 0 amide bonds. The second-order valence-electron chi connectivity index (χ2n) is 8.19. The minimum atomic E-state index is 0.296. The van der Waals surface area contributed by atoms with Crippen molar-refractivity contribution in [2.75, 3.05) is 13.1 Å². The quantitative estimate of drug-likeness (QED) is 0.594. The maximum absolute atomic E-state index is 5.16. The minimum absolute atomic E-state index is 0.296. The van der Waals surface area contributed by atoms with Gasteiger partial charge in [0, 0.05) is 24.4 Å². The first-order valence-electron chi connectivity index (χ1n) is 10.7. The van der Waals surface area contributed by atoms with Crippen LogP contribution < -0.4 is 0 Å². The molecule has 2 atom stereocenters. The first-order valence-corrected chi connectivity index (χ1v) is 10.7. The summed E-state index contributed by atoms with van der Waals surface area (Å²) in [6, 6.07) is 28.7. The molecule has 0 unspecified atom stereocenters. The van der Waals surface area contributed by atoms with Crippen LogP contribution in [0.25, 0.3) is 0 Å². The lowest BCUT2D eigenvalue weighted by atomic mass is 9.71. The smallest absolute Gasteiger partial charge is 0.0807 e. The lowest BCUT2D eigenvalue weighted by Gasteiger charge is -2.52. The number of nitrogens with zero attached hydrogens (tertiary/aromatic N) is 3. The first kappa shape index (κ1) is 18.3. The van der Waals surface area contributed by atoms with Gasteiger partial charge in [0.1, 0.15) is 0 Å². The van der Waals surface area contributed by atoms with Crippen LogP contribution in [0.15, 0.2) is 90.1 Å². The van der Waals surface area contributed by atoms with E-state index in [1.54, 1.807) is 0 Å². The highest BCUT2D eigenvalue weighted by Crippen LogP contribution is 2.43. The summed E-state index contributed by atoms with van der Waals surface area (Å²) in [5, 5.41) is 0. The molecule has 3 saturated heterocycles. The third-order valence-electron chi connectivity index (χ3n) is 6.55. The zero-order chi connectivity index (χ0) is 19.5. The van der Waals surface area contributed by atoms with Crippen LogP contribution >= 0.6 is 0 Å². The number of pyridine rings is 1. The monoisotopic (exact) mass is 381 g/mol. The number of hydrogen-bond donors (Lipinski definition) is 0. The highest BCUT2D eigenvalue weighted by Gasteiger charge is 2.46. The normalized spacial score (nSPS) is 26.2. The van der Waals surface area contributed by atoms with E-state index in [0.717, 1.165) is 5.69 Å². The third-order valence-corrected chi connectivity index (χ3v) is 6.55. The van der Waals surface area contributed by atoms with Gasteiger partial charge in [-0.15, -0.1) is 0 Å². The van der Waals surface area contributed by atoms with E-state index in [1.807, 2.05) is 30.6 Å². The van der Waals surface area contributed by atoms with Crippen molar-refractivity contribution in [3.05, 3.63) is 102 Å². The minimum Gasteiger partial charge on any atom is -0.297 e. The molecule has 3 heteroatoms. The summed E-state index contributed by atoms with van der Waals surface area (Å²) in [6.07, 6.45) is 6.33. The molecule has 3 aliphatic rings. The zero-order valence-corrected chi connectivity index (χ0v) is 16.6. The Hall–Kier alpha value is -2.78. The molecule has 2 aromatic carbocycles. The summed E-state index contributed by atoms with van der Waals surface area (Å²) in [7, 11) is 0. The maximum Gasteiger partial charge on any atom is 0.0807 e. The lowest BCUT2D eigenvalue weighted by Crippen LogP contribution is -2.59. The fourth-order valence-electron chi connectivity index (χ4n) is 5.19. The summed E-state index contributed by atoms with van der Waals surface area (Å²) >= 11 is 0. The average molecular weight is 382 g/mol. The Bertz CT molecular complexity index is 892. The van der Waals surface area contributed by atoms with Crippen LogP contribution in [0.1, 0.15) is 35.6 Å². The fraction of sp³-hybridized carbons (Fsp3) is 0.308. The van der Waals surface area contributed by atoms with Crippen molar-refractivity contribution in [1.82, 2.24) is 9.88 Å². The second kappa shape index (κ2) is 8.30. The van der Waals surface area contributed by atoms with Crippen LogP contribution in [0.4, 0.5) is 0 Å². The molecule has 3 fully saturated rings. The van der Waals surface area contributed by atoms with Crippen LogP contribution in [-0.4, -0.2) is 41.3 Å². The molecular weight excluding hydrogens is 354 g/mol. The van der Waals surface area contributed by atoms with E-state index in [9.17, 15) is 0 Å². The summed E-state index contributed by atoms with van der Waals surface area (Å²) < 4.78 is 0. The van der Waals surface area contributed by atoms with Gasteiger partial charge in [0.2, 0.25) is 0 Å². The fourth-order valence-corrected chi connectivity index (χ4v) is 5.19. The molecule has 3 aromatic rings. The summed E-state index contributed by atoms with van der Waals surface area (Å²) in [6.45, 7) is 2.36. The van der Waals surface area contributed by atoms with Gasteiger partial charge in [-0.2, -0.15) is 0 Å². The zero-order valence-electron chi connectivity index (χ0n) is 16.6. The number of benzene rings is 2. The molecule has 3 aliphatic heterocycles. The molecule has 0 aliphatic carbocycles. The highest BCUT2D eigenvalue weighted by molar-refractivity contribution is 5.77. The van der Waals surface area contributed by atoms with Gasteiger partial charge in [0.15, 0.2) is 0 Å². The summed E-state index contributed by atoms with van der Waals surface area (Å²) in [5.74, 6) is 0.978. The van der Waals surface area contributed by atoms with Crippen molar-refractivity contribution in [3.63, 3.8) is 0 Å². The molecular formula is C26H27N3. The number of fused-ring (bicyclic) bond motifs is 3. The topological polar surface area (TPSA) is 28.5 Å². The van der Waals surface area contributed by atoms with E-state index in [2.05, 4.69) is 70.5 Å². The standard InChI is InChI=1S/C26H27N3/c1-3-9-20(10-4-1)24(21-11-5-2-6-12-21)26-25(22-14-17-29(26)18-15-22)28-19-23-13-7-8-16-27-23/h1-13,16,19,22,24-26H,14-15,17-18H2/b28-19+/t25-,26+/m1/s1. The van der Waals surface area contributed by atoms with Gasteiger partial charge in [-0.05, 0) is 55.1 Å². The van der Waals surface area contributed by atoms with E-state index in [1.165, 1.54) is 37.1 Å². The Morgan fingerprint density at radius 3 is 2.03 bits per heavy atom. The third kappa shape index (κ3) is 3.75. The van der Waals surface area contributed by atoms with E-state index >= 15 is 0 Å². The van der Waals surface area contributed by atoms with Gasteiger partial charge in [0.25, 0.3) is 0 Å². The van der Waals surface area contributed by atoms with E-state index in [4.69, 9.17) is 4.99 Å². The number of rotatable bonds is 5. The number of aliphatic imine (C=N–C) groups is 1. The Morgan fingerprint density at radius 2 is 1.45 bits per heavy atom. The number of aromatic nitrogens is 1. The van der Waals surface area contributed by atoms with Crippen molar-refractivity contribution in [3.8, 4) is 0 Å². The van der Waals surface area contributed by atoms with Crippen LogP contribution in [-0.2, 0) is 0 Å². The predicted octanol–water partition coefficient (Wildman–Crippen LogP) is 4.80. The second-order valence-corrected chi connectivity index (χ2v) is 8.19. The first-order chi connectivity index (χ1) is 14.4. The average Bonchev–Trinajstić information content (AvgIpc) is 2.81. The van der Waals surface area contributed by atoms with Crippen LogP contribution in [0.5, 0.6) is 0 Å². The van der Waals surface area contributed by atoms with Crippen molar-refractivity contribution in [2.45, 2.75) is 30.8 Å². The molecule has 1 aromatic heterocycles. The largest absolute Gasteiger partial charge is 0.297 e. The van der Waals surface area contributed by atoms with Crippen molar-refractivity contribution < 1.29 is 0 Å². The van der Waals surface area contributed by atoms with Crippen LogP contribution in [0.2, 0.25) is 0 Å². The Morgan fingerprint density at radius 1 is 0.828 bits per heavy atom. The van der Waals surface area contributed by atoms with E-state index in [-0.39, 0.29) is 0 Å². The van der Waals surface area contributed by atoms with Crippen molar-refractivity contribution in [1.29, 1.82) is 0 Å². The van der Waals surface area contributed by atoms with Crippen molar-refractivity contribution >= 4 is 6.21 Å². The van der Waals surface area contributed by atoms with E-state index in [0.29, 0.717) is 23.9 Å². The van der Waals surface area contributed by atoms with Gasteiger partial charge >= 0.3 is 0 Å². The molecule has 0 spiro atoms. The lowest BCUT2D eigenvalue weighted by molar-refractivity contribution is 0.0215. The molecule has 29 heavy (non-hydrogen) atoms. The highest BCUT2D eigenvalue weighted by atomic mass is 15.2. The molecule has 2 bridgehead atoms. The Kier molecular flexibility index (Phi) is 5.23. The molecule has 0 N–H and O–H groups in total. The predicted molar refractivity (Wildman–Crippen MR) is 118 cm³/mol. The number of hydrogen-bond acceptors (Lipinski definition) is 3. The molecule has 3 nitrogen and oxygen atoms in total. The molecule has 0 radical (unpaired) electrons. The Balaban J connectivity index is 1.56. The van der Waals surface area contributed by atoms with Gasteiger partial charge < -0.3 is 0 Å². The van der Waals surface area contributed by atoms with E-state index < -0.39 is 0 Å². The van der Waals surface area contributed by atoms with Gasteiger partial charge in [-0.3, -0.25) is 14.9 Å². The SMILES string of the molecule is C(=N\[C@@H]1C2CCN(CC2)[C@H]1C(c1ccccc1)c1ccccc1)/c1ccccn1. The molecule has 4 heterocycles.